The minimum Gasteiger partial charge on any atom is -0.340 e. The van der Waals surface area contributed by atoms with Gasteiger partial charge in [0.15, 0.2) is 0 Å². The lowest BCUT2D eigenvalue weighted by atomic mass is 10.3. The van der Waals surface area contributed by atoms with Crippen LogP contribution in [0.3, 0.4) is 0 Å². The second-order valence-corrected chi connectivity index (χ2v) is 5.35. The molecule has 0 unspecified atom stereocenters. The fourth-order valence-corrected chi connectivity index (χ4v) is 2.26. The fourth-order valence-electron chi connectivity index (χ4n) is 1.89. The minimum atomic E-state index is 0.458. The molecule has 0 aliphatic heterocycles. The molecule has 0 amide bonds. The predicted molar refractivity (Wildman–Crippen MR) is 91.5 cm³/mol. The standard InChI is InChI=1S/C16H12Cl2N4/c17-11-4-3-5-12(10-11)20-15-8-9-19-16(22-15)21-14-7-2-1-6-13(14)18/h1-10H,(H2,19,20,21,22). The average molecular weight is 331 g/mol. The van der Waals surface area contributed by atoms with Crippen LogP contribution < -0.4 is 10.6 Å². The van der Waals surface area contributed by atoms with Crippen molar-refractivity contribution < 1.29 is 0 Å². The molecule has 1 heterocycles. The van der Waals surface area contributed by atoms with Crippen LogP contribution in [0.15, 0.2) is 60.8 Å². The van der Waals surface area contributed by atoms with Crippen molar-refractivity contribution in [2.75, 3.05) is 10.6 Å². The summed E-state index contributed by atoms with van der Waals surface area (Å²) in [7, 11) is 0. The van der Waals surface area contributed by atoms with Crippen molar-refractivity contribution in [3.8, 4) is 0 Å². The number of anilines is 4. The van der Waals surface area contributed by atoms with Gasteiger partial charge in [-0.25, -0.2) is 4.98 Å². The summed E-state index contributed by atoms with van der Waals surface area (Å²) in [5.41, 5.74) is 1.61. The molecule has 2 N–H and O–H groups in total. The van der Waals surface area contributed by atoms with Crippen LogP contribution in [-0.4, -0.2) is 9.97 Å². The smallest absolute Gasteiger partial charge is 0.229 e. The van der Waals surface area contributed by atoms with Gasteiger partial charge in [0.1, 0.15) is 5.82 Å². The summed E-state index contributed by atoms with van der Waals surface area (Å²) in [6.45, 7) is 0. The monoisotopic (exact) mass is 330 g/mol. The molecule has 4 nitrogen and oxygen atoms in total. The van der Waals surface area contributed by atoms with E-state index in [9.17, 15) is 0 Å². The van der Waals surface area contributed by atoms with Crippen LogP contribution in [-0.2, 0) is 0 Å². The molecule has 0 atom stereocenters. The largest absolute Gasteiger partial charge is 0.340 e. The van der Waals surface area contributed by atoms with Crippen LogP contribution in [0, 0.1) is 0 Å². The third-order valence-corrected chi connectivity index (χ3v) is 3.44. The van der Waals surface area contributed by atoms with E-state index in [0.717, 1.165) is 11.4 Å². The van der Waals surface area contributed by atoms with E-state index >= 15 is 0 Å². The van der Waals surface area contributed by atoms with E-state index in [1.54, 1.807) is 18.3 Å². The summed E-state index contributed by atoms with van der Waals surface area (Å²) in [5, 5.41) is 7.54. The van der Waals surface area contributed by atoms with Gasteiger partial charge in [0.2, 0.25) is 5.95 Å². The molecule has 0 bridgehead atoms. The Morgan fingerprint density at radius 1 is 0.864 bits per heavy atom. The molecular weight excluding hydrogens is 319 g/mol. The van der Waals surface area contributed by atoms with Crippen molar-refractivity contribution in [2.45, 2.75) is 0 Å². The van der Waals surface area contributed by atoms with E-state index in [0.29, 0.717) is 21.8 Å². The first-order valence-electron chi connectivity index (χ1n) is 6.58. The van der Waals surface area contributed by atoms with Crippen molar-refractivity contribution in [3.63, 3.8) is 0 Å². The third kappa shape index (κ3) is 3.67. The lowest BCUT2D eigenvalue weighted by molar-refractivity contribution is 1.17. The molecular formula is C16H12Cl2N4. The molecule has 3 rings (SSSR count). The first-order chi connectivity index (χ1) is 10.7. The van der Waals surface area contributed by atoms with Gasteiger partial charge in [-0.3, -0.25) is 0 Å². The lowest BCUT2D eigenvalue weighted by Gasteiger charge is -2.09. The molecule has 0 aliphatic carbocycles. The maximum atomic E-state index is 6.11. The van der Waals surface area contributed by atoms with E-state index in [-0.39, 0.29) is 0 Å². The third-order valence-electron chi connectivity index (χ3n) is 2.87. The highest BCUT2D eigenvalue weighted by Gasteiger charge is 2.03. The fraction of sp³-hybridized carbons (Fsp3) is 0. The van der Waals surface area contributed by atoms with Gasteiger partial charge in [0.25, 0.3) is 0 Å². The topological polar surface area (TPSA) is 49.8 Å². The SMILES string of the molecule is Clc1cccc(Nc2ccnc(Nc3ccccc3Cl)n2)c1. The van der Waals surface area contributed by atoms with Crippen molar-refractivity contribution in [3.05, 3.63) is 70.8 Å². The Hall–Kier alpha value is -2.30. The van der Waals surface area contributed by atoms with Gasteiger partial charge in [-0.05, 0) is 36.4 Å². The average Bonchev–Trinajstić information content (AvgIpc) is 2.50. The van der Waals surface area contributed by atoms with Crippen molar-refractivity contribution >= 4 is 46.3 Å². The second-order valence-electron chi connectivity index (χ2n) is 4.51. The summed E-state index contributed by atoms with van der Waals surface area (Å²) in [6.07, 6.45) is 1.67. The van der Waals surface area contributed by atoms with Crippen LogP contribution >= 0.6 is 23.2 Å². The van der Waals surface area contributed by atoms with Crippen molar-refractivity contribution in [1.82, 2.24) is 9.97 Å². The predicted octanol–water partition coefficient (Wildman–Crippen LogP) is 5.27. The molecule has 22 heavy (non-hydrogen) atoms. The van der Waals surface area contributed by atoms with Crippen molar-refractivity contribution in [2.24, 2.45) is 0 Å². The maximum Gasteiger partial charge on any atom is 0.229 e. The van der Waals surface area contributed by atoms with Crippen LogP contribution in [0.5, 0.6) is 0 Å². The van der Waals surface area contributed by atoms with Gasteiger partial charge >= 0.3 is 0 Å². The number of nitrogens with zero attached hydrogens (tertiary/aromatic N) is 2. The first-order valence-corrected chi connectivity index (χ1v) is 7.33. The Labute approximate surface area is 138 Å². The highest BCUT2D eigenvalue weighted by Crippen LogP contribution is 2.24. The maximum absolute atomic E-state index is 6.11. The van der Waals surface area contributed by atoms with Gasteiger partial charge in [0.05, 0.1) is 10.7 Å². The zero-order valence-corrected chi connectivity index (χ0v) is 12.9. The van der Waals surface area contributed by atoms with Gasteiger partial charge in [0, 0.05) is 16.9 Å². The first kappa shape index (κ1) is 14.6. The summed E-state index contributed by atoms with van der Waals surface area (Å²) >= 11 is 12.1. The zero-order valence-electron chi connectivity index (χ0n) is 11.4. The van der Waals surface area contributed by atoms with Crippen LogP contribution in [0.25, 0.3) is 0 Å². The van der Waals surface area contributed by atoms with Gasteiger partial charge in [-0.1, -0.05) is 41.4 Å². The molecule has 110 valence electrons. The summed E-state index contributed by atoms with van der Waals surface area (Å²) in [6, 6.07) is 16.6. The molecule has 1 aromatic heterocycles. The van der Waals surface area contributed by atoms with Gasteiger partial charge in [-0.15, -0.1) is 0 Å². The molecule has 0 saturated carbocycles. The molecule has 0 saturated heterocycles. The number of hydrogen-bond donors (Lipinski definition) is 2. The molecule has 0 spiro atoms. The van der Waals surface area contributed by atoms with Crippen LogP contribution in [0.4, 0.5) is 23.1 Å². The lowest BCUT2D eigenvalue weighted by Crippen LogP contribution is -2.00. The number of nitrogens with one attached hydrogen (secondary N) is 2. The summed E-state index contributed by atoms with van der Waals surface area (Å²) < 4.78 is 0. The van der Waals surface area contributed by atoms with Crippen LogP contribution in [0.1, 0.15) is 0 Å². The number of hydrogen-bond acceptors (Lipinski definition) is 4. The van der Waals surface area contributed by atoms with Crippen LogP contribution in [0.2, 0.25) is 10.0 Å². The van der Waals surface area contributed by atoms with Gasteiger partial charge < -0.3 is 10.6 Å². The molecule has 2 aromatic carbocycles. The van der Waals surface area contributed by atoms with E-state index in [2.05, 4.69) is 20.6 Å². The zero-order chi connectivity index (χ0) is 15.4. The number of rotatable bonds is 4. The Bertz CT molecular complexity index is 792. The molecule has 6 heteroatoms. The van der Waals surface area contributed by atoms with E-state index in [4.69, 9.17) is 23.2 Å². The van der Waals surface area contributed by atoms with Crippen molar-refractivity contribution in [1.29, 1.82) is 0 Å². The van der Waals surface area contributed by atoms with E-state index in [1.807, 2.05) is 42.5 Å². The number of halogens is 2. The summed E-state index contributed by atoms with van der Waals surface area (Å²) in [4.78, 5) is 8.59. The second kappa shape index (κ2) is 6.64. The Balaban J connectivity index is 1.79. The van der Waals surface area contributed by atoms with Gasteiger partial charge in [-0.2, -0.15) is 4.98 Å². The number of benzene rings is 2. The molecule has 3 aromatic rings. The highest BCUT2D eigenvalue weighted by atomic mass is 35.5. The molecule has 0 radical (unpaired) electrons. The highest BCUT2D eigenvalue weighted by molar-refractivity contribution is 6.33. The Morgan fingerprint density at radius 2 is 1.73 bits per heavy atom. The summed E-state index contributed by atoms with van der Waals surface area (Å²) in [5.74, 6) is 1.12. The van der Waals surface area contributed by atoms with E-state index < -0.39 is 0 Å². The normalized spacial score (nSPS) is 10.3. The Kier molecular flexibility index (Phi) is 4.42. The molecule has 0 fully saturated rings. The minimum absolute atomic E-state index is 0.458. The quantitative estimate of drug-likeness (QED) is 0.684. The van der Waals surface area contributed by atoms with E-state index in [1.165, 1.54) is 0 Å². The Morgan fingerprint density at radius 3 is 2.55 bits per heavy atom. The number of aromatic nitrogens is 2. The number of para-hydroxylation sites is 1. The molecule has 0 aliphatic rings.